The number of alkyl halides is 4. The fourth-order valence-corrected chi connectivity index (χ4v) is 5.66. The summed E-state index contributed by atoms with van der Waals surface area (Å²) in [5.74, 6) is -2.95. The summed E-state index contributed by atoms with van der Waals surface area (Å²) in [6.07, 6.45) is -4.87. The minimum absolute atomic E-state index is 0. The van der Waals surface area contributed by atoms with Gasteiger partial charge >= 0.3 is 12.2 Å². The van der Waals surface area contributed by atoms with Crippen LogP contribution in [0.3, 0.4) is 0 Å². The molecule has 6 heterocycles. The summed E-state index contributed by atoms with van der Waals surface area (Å²) in [6, 6.07) is 6.20. The quantitative estimate of drug-likeness (QED) is 0.182. The maximum absolute atomic E-state index is 14.5. The first-order valence-electron chi connectivity index (χ1n) is 13.9. The van der Waals surface area contributed by atoms with E-state index in [1.807, 2.05) is 20.8 Å². The molecule has 2 fully saturated rings. The van der Waals surface area contributed by atoms with Crippen molar-refractivity contribution in [3.8, 4) is 0 Å². The van der Waals surface area contributed by atoms with Crippen LogP contribution in [0.25, 0.3) is 11.0 Å². The third kappa shape index (κ3) is 6.77. The first-order valence-corrected chi connectivity index (χ1v) is 15.0. The lowest BCUT2D eigenvalue weighted by Gasteiger charge is -2.24. The van der Waals surface area contributed by atoms with E-state index in [1.165, 1.54) is 16.6 Å². The van der Waals surface area contributed by atoms with Gasteiger partial charge in [0.15, 0.2) is 17.8 Å². The molecule has 0 aliphatic carbocycles. The number of nitrogen functional groups attached to an aromatic ring is 2. The molecular formula is C28H38Cl2F4N8O3. The first kappa shape index (κ1) is 36.5. The van der Waals surface area contributed by atoms with E-state index >= 15 is 0 Å². The zero-order chi connectivity index (χ0) is 32.5. The van der Waals surface area contributed by atoms with Crippen molar-refractivity contribution in [2.45, 2.75) is 84.4 Å². The second kappa shape index (κ2) is 14.6. The van der Waals surface area contributed by atoms with Gasteiger partial charge in [-0.25, -0.2) is 17.8 Å². The van der Waals surface area contributed by atoms with Gasteiger partial charge in [-0.15, -0.1) is 33.4 Å². The number of halogens is 6. The molecule has 2 unspecified atom stereocenters. The zero-order valence-corrected chi connectivity index (χ0v) is 25.9. The summed E-state index contributed by atoms with van der Waals surface area (Å²) in [5, 5.41) is 18.0. The lowest BCUT2D eigenvalue weighted by molar-refractivity contribution is -0.227. The highest BCUT2D eigenvalue weighted by Gasteiger charge is 2.55. The molecule has 5 N–H and O–H groups in total. The summed E-state index contributed by atoms with van der Waals surface area (Å²) in [5.41, 5.74) is 12.4. The number of aromatic nitrogens is 6. The second-order valence-electron chi connectivity index (χ2n) is 10.5. The predicted octanol–water partition coefficient (Wildman–Crippen LogP) is 5.71. The zero-order valence-electron chi connectivity index (χ0n) is 24.3. The number of hydrogen-bond donors (Lipinski definition) is 3. The van der Waals surface area contributed by atoms with Crippen molar-refractivity contribution in [3.05, 3.63) is 47.8 Å². The topological polar surface area (TPSA) is 151 Å². The fraction of sp³-hybridized carbons (Fsp3) is 0.571. The maximum Gasteiger partial charge on any atom is 0.327 e. The Kier molecular flexibility index (Phi) is 11.9. The van der Waals surface area contributed by atoms with Crippen molar-refractivity contribution in [3.63, 3.8) is 0 Å². The lowest BCUT2D eigenvalue weighted by Crippen LogP contribution is -2.37. The number of anilines is 2. The van der Waals surface area contributed by atoms with Crippen LogP contribution in [0, 0.1) is 24.0 Å². The molecule has 0 radical (unpaired) electrons. The molecule has 6 rings (SSSR count). The molecule has 2 saturated heterocycles. The van der Waals surface area contributed by atoms with Gasteiger partial charge in [-0.05, 0) is 37.1 Å². The van der Waals surface area contributed by atoms with E-state index in [2.05, 4.69) is 20.2 Å². The molecule has 17 heteroatoms. The summed E-state index contributed by atoms with van der Waals surface area (Å²) in [6.45, 7) is 7.27. The van der Waals surface area contributed by atoms with Crippen LogP contribution in [0.2, 0.25) is 0 Å². The number of fused-ring (bicyclic) bond motifs is 2. The third-order valence-electron chi connectivity index (χ3n) is 7.97. The van der Waals surface area contributed by atoms with E-state index < -0.39 is 48.4 Å². The van der Waals surface area contributed by atoms with Gasteiger partial charge in [0.25, 0.3) is 0 Å². The van der Waals surface area contributed by atoms with Crippen LogP contribution >= 0.6 is 23.2 Å². The van der Waals surface area contributed by atoms with Gasteiger partial charge in [0.1, 0.15) is 29.0 Å². The number of rotatable bonds is 4. The fourth-order valence-electron chi connectivity index (χ4n) is 5.66. The molecule has 2 aliphatic heterocycles. The molecule has 0 saturated carbocycles. The van der Waals surface area contributed by atoms with Gasteiger partial charge in [-0.2, -0.15) is 18.7 Å². The normalized spacial score (nSPS) is 29.2. The Balaban J connectivity index is 0.000000222. The number of hydrogen-bond acceptors (Lipinski definition) is 9. The SMILES string of the molecule is C.CC[C@H]1OC(O)(c2ccc3c(N)nc(F)nn23)[C@H](F)[C@@H]1C.CC[C@H]1OC(c2ccc3c(N)nc(F)nn23)[C@H](F)[C@@H]1C.ClCCl. The summed E-state index contributed by atoms with van der Waals surface area (Å²) in [4.78, 5) is 6.84. The van der Waals surface area contributed by atoms with Crippen molar-refractivity contribution < 1.29 is 32.1 Å². The highest BCUT2D eigenvalue weighted by atomic mass is 35.5. The number of nitrogens with zero attached hydrogens (tertiary/aromatic N) is 6. The van der Waals surface area contributed by atoms with Gasteiger partial charge in [0.2, 0.25) is 5.79 Å². The van der Waals surface area contributed by atoms with Crippen LogP contribution in [0.1, 0.15) is 65.5 Å². The molecular weight excluding hydrogens is 643 g/mol. The smallest absolute Gasteiger partial charge is 0.327 e. The molecule has 11 nitrogen and oxygen atoms in total. The monoisotopic (exact) mass is 680 g/mol. The Morgan fingerprint density at radius 1 is 0.889 bits per heavy atom. The van der Waals surface area contributed by atoms with Crippen molar-refractivity contribution in [1.82, 2.24) is 29.2 Å². The molecule has 0 aromatic carbocycles. The summed E-state index contributed by atoms with van der Waals surface area (Å²) < 4.78 is 69.1. The van der Waals surface area contributed by atoms with Crippen molar-refractivity contribution >= 4 is 45.9 Å². The predicted molar refractivity (Wildman–Crippen MR) is 163 cm³/mol. The van der Waals surface area contributed by atoms with Crippen LogP contribution in [-0.2, 0) is 15.3 Å². The molecule has 4 aromatic heterocycles. The Morgan fingerprint density at radius 2 is 1.40 bits per heavy atom. The van der Waals surface area contributed by atoms with Crippen LogP contribution in [-0.4, -0.2) is 64.2 Å². The number of ether oxygens (including phenoxy) is 2. The Bertz CT molecular complexity index is 1600. The van der Waals surface area contributed by atoms with Crippen molar-refractivity contribution in [2.24, 2.45) is 11.8 Å². The van der Waals surface area contributed by atoms with E-state index in [1.54, 1.807) is 19.1 Å². The van der Waals surface area contributed by atoms with E-state index in [9.17, 15) is 22.7 Å². The minimum atomic E-state index is -2.18. The van der Waals surface area contributed by atoms with Gasteiger partial charge in [-0.3, -0.25) is 0 Å². The van der Waals surface area contributed by atoms with Gasteiger partial charge in [0.05, 0.1) is 23.2 Å². The van der Waals surface area contributed by atoms with Crippen molar-refractivity contribution in [1.29, 1.82) is 0 Å². The third-order valence-corrected chi connectivity index (χ3v) is 7.97. The average Bonchev–Trinajstić information content (AvgIpc) is 3.71. The largest absolute Gasteiger partial charge is 0.382 e. The summed E-state index contributed by atoms with van der Waals surface area (Å²) >= 11 is 9.53. The van der Waals surface area contributed by atoms with Crippen LogP contribution in [0.4, 0.5) is 29.2 Å². The Hall–Kier alpha value is -2.98. The number of nitrogens with two attached hydrogens (primary N) is 2. The molecule has 45 heavy (non-hydrogen) atoms. The first-order chi connectivity index (χ1) is 20.8. The van der Waals surface area contributed by atoms with Crippen LogP contribution < -0.4 is 11.5 Å². The standard InChI is InChI=1S/C13H16F2N4O2.C13H16F2N4O.CH2Cl2.CH4/c1-3-8-6(2)10(14)13(20,21-8)9-5-4-7-11(16)17-12(15)18-19(7)9;1-3-9-6(2)10(14)11(20-9)7-4-5-8-12(16)17-13(15)18-19(7)8;2-1-3;/h4-6,8,10,20H,3H2,1-2H3,(H2,16,17,18);4-6,9-11H,3H2,1-2H3,(H2,16,17,18);1H2;1H4/t6-,8-,10-,13?;6-,9-,10-,11?;;/m11../s1. The molecule has 0 bridgehead atoms. The Morgan fingerprint density at radius 3 is 1.91 bits per heavy atom. The average molecular weight is 682 g/mol. The summed E-state index contributed by atoms with van der Waals surface area (Å²) in [7, 11) is 0. The van der Waals surface area contributed by atoms with Crippen LogP contribution in [0.5, 0.6) is 0 Å². The lowest BCUT2D eigenvalue weighted by atomic mass is 9.95. The van der Waals surface area contributed by atoms with Gasteiger partial charge in [-0.1, -0.05) is 35.1 Å². The van der Waals surface area contributed by atoms with E-state index in [-0.39, 0.29) is 47.6 Å². The van der Waals surface area contributed by atoms with Gasteiger partial charge in [0, 0.05) is 11.8 Å². The second-order valence-corrected chi connectivity index (χ2v) is 11.3. The Labute approximate surface area is 267 Å². The van der Waals surface area contributed by atoms with E-state index in [0.29, 0.717) is 17.6 Å². The molecule has 0 amide bonds. The maximum atomic E-state index is 14.5. The highest BCUT2D eigenvalue weighted by molar-refractivity contribution is 6.40. The minimum Gasteiger partial charge on any atom is -0.382 e. The molecule has 0 spiro atoms. The molecule has 2 aliphatic rings. The number of aliphatic hydroxyl groups is 1. The molecule has 4 aromatic rings. The highest BCUT2D eigenvalue weighted by Crippen LogP contribution is 2.44. The van der Waals surface area contributed by atoms with E-state index in [0.717, 1.165) is 10.9 Å². The van der Waals surface area contributed by atoms with Gasteiger partial charge < -0.3 is 26.0 Å². The van der Waals surface area contributed by atoms with E-state index in [4.69, 9.17) is 44.1 Å². The molecule has 250 valence electrons. The van der Waals surface area contributed by atoms with Crippen molar-refractivity contribution in [2.75, 3.05) is 16.8 Å². The van der Waals surface area contributed by atoms with Crippen LogP contribution in [0.15, 0.2) is 24.3 Å². The molecule has 8 atom stereocenters.